The van der Waals surface area contributed by atoms with E-state index in [1.807, 2.05) is 12.1 Å². The maximum Gasteiger partial charge on any atom is 0.118 e. The zero-order chi connectivity index (χ0) is 15.0. The summed E-state index contributed by atoms with van der Waals surface area (Å²) in [7, 11) is 0. The smallest absolute Gasteiger partial charge is 0.118 e. The van der Waals surface area contributed by atoms with Crippen LogP contribution in [0.25, 0.3) is 21.5 Å². The molecular formula is C19H16O3. The molecule has 110 valence electrons. The molecule has 0 amide bonds. The molecule has 2 N–H and O–H groups in total. The van der Waals surface area contributed by atoms with E-state index in [1.165, 1.54) is 16.2 Å². The van der Waals surface area contributed by atoms with Crippen LogP contribution in [0.5, 0.6) is 0 Å². The van der Waals surface area contributed by atoms with Crippen molar-refractivity contribution in [2.24, 2.45) is 0 Å². The monoisotopic (exact) mass is 292 g/mol. The van der Waals surface area contributed by atoms with Crippen molar-refractivity contribution in [1.82, 2.24) is 0 Å². The second-order valence-electron chi connectivity index (χ2n) is 6.36. The second kappa shape index (κ2) is 4.07. The zero-order valence-corrected chi connectivity index (χ0v) is 12.2. The van der Waals surface area contributed by atoms with Gasteiger partial charge in [-0.3, -0.25) is 0 Å². The van der Waals surface area contributed by atoms with E-state index < -0.39 is 12.2 Å². The van der Waals surface area contributed by atoms with Gasteiger partial charge >= 0.3 is 0 Å². The summed E-state index contributed by atoms with van der Waals surface area (Å²) in [5.74, 6) is 0. The molecule has 0 spiro atoms. The summed E-state index contributed by atoms with van der Waals surface area (Å²) in [6.07, 6.45) is -2.04. The average molecular weight is 292 g/mol. The van der Waals surface area contributed by atoms with E-state index in [0.717, 1.165) is 22.1 Å². The summed E-state index contributed by atoms with van der Waals surface area (Å²) in [6.45, 7) is 2.06. The van der Waals surface area contributed by atoms with Gasteiger partial charge in [0.05, 0.1) is 0 Å². The van der Waals surface area contributed by atoms with E-state index in [-0.39, 0.29) is 12.2 Å². The topological polar surface area (TPSA) is 53.0 Å². The Labute approximate surface area is 127 Å². The van der Waals surface area contributed by atoms with E-state index in [1.54, 1.807) is 0 Å². The predicted octanol–water partition coefficient (Wildman–Crippen LogP) is 3.15. The van der Waals surface area contributed by atoms with Crippen molar-refractivity contribution in [3.05, 3.63) is 59.2 Å². The third-order valence-electron chi connectivity index (χ3n) is 5.09. The minimum Gasteiger partial charge on any atom is -0.387 e. The number of aryl methyl sites for hydroxylation is 1. The Bertz CT molecular complexity index is 931. The molecule has 3 aromatic rings. The third-order valence-corrected chi connectivity index (χ3v) is 5.09. The van der Waals surface area contributed by atoms with Gasteiger partial charge in [-0.15, -0.1) is 0 Å². The molecule has 3 nitrogen and oxygen atoms in total. The van der Waals surface area contributed by atoms with Crippen molar-refractivity contribution in [2.75, 3.05) is 0 Å². The van der Waals surface area contributed by atoms with Crippen LogP contribution in [0.15, 0.2) is 42.5 Å². The molecule has 5 rings (SSSR count). The van der Waals surface area contributed by atoms with Crippen molar-refractivity contribution in [2.45, 2.75) is 31.3 Å². The number of fused-ring (bicyclic) bond motifs is 7. The number of rotatable bonds is 0. The minimum atomic E-state index is -0.867. The van der Waals surface area contributed by atoms with Crippen molar-refractivity contribution >= 4 is 21.5 Å². The summed E-state index contributed by atoms with van der Waals surface area (Å²) in [5, 5.41) is 25.3. The Balaban J connectivity index is 1.94. The fraction of sp³-hybridized carbons (Fsp3) is 0.263. The molecule has 1 heterocycles. The summed E-state index contributed by atoms with van der Waals surface area (Å²) in [6, 6.07) is 14.6. The minimum absolute atomic E-state index is 0.0855. The molecule has 3 heteroatoms. The number of aliphatic hydroxyl groups excluding tert-OH is 2. The number of hydrogen-bond acceptors (Lipinski definition) is 3. The van der Waals surface area contributed by atoms with E-state index in [4.69, 9.17) is 4.74 Å². The van der Waals surface area contributed by atoms with Crippen molar-refractivity contribution in [3.63, 3.8) is 0 Å². The van der Waals surface area contributed by atoms with Gasteiger partial charge in [-0.05, 0) is 45.2 Å². The first kappa shape index (κ1) is 12.6. The van der Waals surface area contributed by atoms with Crippen LogP contribution in [0.4, 0.5) is 0 Å². The van der Waals surface area contributed by atoms with Gasteiger partial charge in [-0.2, -0.15) is 0 Å². The maximum absolute atomic E-state index is 10.4. The Kier molecular flexibility index (Phi) is 2.33. The Morgan fingerprint density at radius 3 is 2.68 bits per heavy atom. The summed E-state index contributed by atoms with van der Waals surface area (Å²) >= 11 is 0. The Morgan fingerprint density at radius 1 is 1.00 bits per heavy atom. The van der Waals surface area contributed by atoms with Gasteiger partial charge < -0.3 is 14.9 Å². The van der Waals surface area contributed by atoms with Crippen LogP contribution in [0, 0.1) is 6.92 Å². The average Bonchev–Trinajstić information content (AvgIpc) is 3.32. The molecule has 0 bridgehead atoms. The molecule has 22 heavy (non-hydrogen) atoms. The van der Waals surface area contributed by atoms with Crippen molar-refractivity contribution in [1.29, 1.82) is 0 Å². The molecule has 0 aromatic heterocycles. The lowest BCUT2D eigenvalue weighted by atomic mass is 9.82. The Hall–Kier alpha value is -1.94. The maximum atomic E-state index is 10.4. The summed E-state index contributed by atoms with van der Waals surface area (Å²) in [5.41, 5.74) is 2.98. The molecule has 4 unspecified atom stereocenters. The first-order valence-corrected chi connectivity index (χ1v) is 7.63. The molecule has 1 saturated heterocycles. The zero-order valence-electron chi connectivity index (χ0n) is 12.2. The lowest BCUT2D eigenvalue weighted by Crippen LogP contribution is -2.29. The van der Waals surface area contributed by atoms with Gasteiger partial charge in [0.25, 0.3) is 0 Å². The van der Waals surface area contributed by atoms with Crippen molar-refractivity contribution < 1.29 is 14.9 Å². The largest absolute Gasteiger partial charge is 0.387 e. The highest BCUT2D eigenvalue weighted by Crippen LogP contribution is 2.53. The van der Waals surface area contributed by atoms with Gasteiger partial charge in [0.1, 0.15) is 24.4 Å². The molecule has 1 aliphatic heterocycles. The highest BCUT2D eigenvalue weighted by molar-refractivity contribution is 6.10. The molecule has 0 saturated carbocycles. The van der Waals surface area contributed by atoms with E-state index in [0.29, 0.717) is 0 Å². The van der Waals surface area contributed by atoms with Crippen molar-refractivity contribution in [3.8, 4) is 0 Å². The normalized spacial score (nSPS) is 29.4. The van der Waals surface area contributed by atoms with E-state index in [2.05, 4.69) is 37.3 Å². The van der Waals surface area contributed by atoms with Gasteiger partial charge in [0.2, 0.25) is 0 Å². The number of benzene rings is 3. The SMILES string of the molecule is Cc1cc2c(c3ccc4ccccc4c13)C1OC1C(O)C2O. The fourth-order valence-corrected chi connectivity index (χ4v) is 4.00. The Morgan fingerprint density at radius 2 is 1.82 bits per heavy atom. The number of aliphatic hydroxyl groups is 2. The van der Waals surface area contributed by atoms with Crippen LogP contribution in [0.2, 0.25) is 0 Å². The molecule has 2 aliphatic rings. The lowest BCUT2D eigenvalue weighted by molar-refractivity contribution is 0.0000809. The predicted molar refractivity (Wildman–Crippen MR) is 84.8 cm³/mol. The quantitative estimate of drug-likeness (QED) is 0.494. The third kappa shape index (κ3) is 1.46. The molecule has 3 aromatic carbocycles. The van der Waals surface area contributed by atoms with Crippen LogP contribution in [0.3, 0.4) is 0 Å². The molecule has 0 radical (unpaired) electrons. The first-order chi connectivity index (χ1) is 10.7. The van der Waals surface area contributed by atoms with E-state index in [9.17, 15) is 10.2 Å². The van der Waals surface area contributed by atoms with Crippen LogP contribution >= 0.6 is 0 Å². The fourth-order valence-electron chi connectivity index (χ4n) is 4.00. The first-order valence-electron chi connectivity index (χ1n) is 7.63. The lowest BCUT2D eigenvalue weighted by Gasteiger charge is -2.25. The van der Waals surface area contributed by atoms with Crippen LogP contribution in [-0.2, 0) is 4.74 Å². The number of hydrogen-bond donors (Lipinski definition) is 2. The number of epoxide rings is 1. The highest BCUT2D eigenvalue weighted by atomic mass is 16.6. The molecule has 1 aliphatic carbocycles. The summed E-state index contributed by atoms with van der Waals surface area (Å²) < 4.78 is 5.64. The molecular weight excluding hydrogens is 276 g/mol. The van der Waals surface area contributed by atoms with Crippen LogP contribution in [-0.4, -0.2) is 22.4 Å². The highest BCUT2D eigenvalue weighted by Gasteiger charge is 2.54. The number of ether oxygens (including phenoxy) is 1. The summed E-state index contributed by atoms with van der Waals surface area (Å²) in [4.78, 5) is 0. The van der Waals surface area contributed by atoms with Gasteiger partial charge in [-0.1, -0.05) is 42.5 Å². The molecule has 4 atom stereocenters. The van der Waals surface area contributed by atoms with Gasteiger partial charge in [-0.25, -0.2) is 0 Å². The van der Waals surface area contributed by atoms with Gasteiger partial charge in [0, 0.05) is 0 Å². The van der Waals surface area contributed by atoms with Crippen LogP contribution < -0.4 is 0 Å². The van der Waals surface area contributed by atoms with Gasteiger partial charge in [0.15, 0.2) is 0 Å². The molecule has 1 fully saturated rings. The van der Waals surface area contributed by atoms with Crippen LogP contribution in [0.1, 0.15) is 28.9 Å². The standard InChI is InChI=1S/C19H16O3/c1-9-8-13-15(18-19(22-18)17(21)16(13)20)12-7-6-10-4-2-3-5-11(10)14(9)12/h2-8,16-21H,1H3. The van der Waals surface area contributed by atoms with E-state index >= 15 is 0 Å². The second-order valence-corrected chi connectivity index (χ2v) is 6.36.